The number of hydrogen-bond donors (Lipinski definition) is 0. The monoisotopic (exact) mass is 295 g/mol. The van der Waals surface area contributed by atoms with Gasteiger partial charge in [0.2, 0.25) is 0 Å². The molecule has 0 radical (unpaired) electrons. The van der Waals surface area contributed by atoms with E-state index in [1.54, 1.807) is 0 Å². The Kier molecular flexibility index (Phi) is 5.25. The molecule has 1 saturated heterocycles. The van der Waals surface area contributed by atoms with E-state index < -0.39 is 0 Å². The first-order chi connectivity index (χ1) is 10.8. The van der Waals surface area contributed by atoms with Gasteiger partial charge in [0.05, 0.1) is 6.61 Å². The first-order valence-electron chi connectivity index (χ1n) is 8.26. The van der Waals surface area contributed by atoms with Crippen molar-refractivity contribution in [1.82, 2.24) is 4.90 Å². The maximum atomic E-state index is 6.38. The summed E-state index contributed by atoms with van der Waals surface area (Å²) in [5, 5.41) is 0. The number of rotatable bonds is 5. The van der Waals surface area contributed by atoms with Gasteiger partial charge in [-0.05, 0) is 37.6 Å². The van der Waals surface area contributed by atoms with E-state index in [2.05, 4.69) is 72.6 Å². The maximum absolute atomic E-state index is 6.38. The third-order valence-electron chi connectivity index (χ3n) is 4.58. The number of hydrogen-bond acceptors (Lipinski definition) is 2. The molecule has 0 bridgehead atoms. The van der Waals surface area contributed by atoms with E-state index in [1.807, 2.05) is 0 Å². The first-order valence-corrected chi connectivity index (χ1v) is 8.26. The van der Waals surface area contributed by atoms with Crippen molar-refractivity contribution in [3.8, 4) is 0 Å². The Hall–Kier alpha value is -1.64. The molecule has 2 heteroatoms. The van der Waals surface area contributed by atoms with Gasteiger partial charge < -0.3 is 9.64 Å². The van der Waals surface area contributed by atoms with E-state index in [1.165, 1.54) is 36.9 Å². The lowest BCUT2D eigenvalue weighted by Gasteiger charge is -2.33. The summed E-state index contributed by atoms with van der Waals surface area (Å²) in [6, 6.07) is 21.6. The standard InChI is InChI=1S/C20H25NO/c1-21-15-9-8-14-19(21)16-22-20(17-10-4-2-5-11-17)18-12-6-3-7-13-18/h2-7,10-13,19-20H,8-9,14-16H2,1H3. The van der Waals surface area contributed by atoms with Crippen LogP contribution in [0.1, 0.15) is 36.5 Å². The van der Waals surface area contributed by atoms with Gasteiger partial charge in [0.15, 0.2) is 0 Å². The zero-order chi connectivity index (χ0) is 15.2. The van der Waals surface area contributed by atoms with Crippen LogP contribution >= 0.6 is 0 Å². The minimum atomic E-state index is 0.0257. The van der Waals surface area contributed by atoms with Crippen molar-refractivity contribution in [3.63, 3.8) is 0 Å². The summed E-state index contributed by atoms with van der Waals surface area (Å²) in [7, 11) is 2.22. The summed E-state index contributed by atoms with van der Waals surface area (Å²) in [5.74, 6) is 0. The highest BCUT2D eigenvalue weighted by Crippen LogP contribution is 2.27. The summed E-state index contributed by atoms with van der Waals surface area (Å²) >= 11 is 0. The van der Waals surface area contributed by atoms with Gasteiger partial charge in [-0.15, -0.1) is 0 Å². The van der Waals surface area contributed by atoms with Crippen LogP contribution in [0.15, 0.2) is 60.7 Å². The summed E-state index contributed by atoms with van der Waals surface area (Å²) in [6.07, 6.45) is 3.90. The molecule has 3 rings (SSSR count). The SMILES string of the molecule is CN1CCCCC1COC(c1ccccc1)c1ccccc1. The second-order valence-corrected chi connectivity index (χ2v) is 6.16. The second-order valence-electron chi connectivity index (χ2n) is 6.16. The Balaban J connectivity index is 1.74. The Morgan fingerprint density at radius 3 is 2.09 bits per heavy atom. The van der Waals surface area contributed by atoms with Crippen LogP contribution in [0.5, 0.6) is 0 Å². The fraction of sp³-hybridized carbons (Fsp3) is 0.400. The number of ether oxygens (including phenoxy) is 1. The average molecular weight is 295 g/mol. The molecule has 22 heavy (non-hydrogen) atoms. The van der Waals surface area contributed by atoms with Crippen LogP contribution in [0, 0.1) is 0 Å². The van der Waals surface area contributed by atoms with Crippen molar-refractivity contribution < 1.29 is 4.74 Å². The van der Waals surface area contributed by atoms with Gasteiger partial charge in [-0.1, -0.05) is 67.1 Å². The molecule has 0 aromatic heterocycles. The normalized spacial score (nSPS) is 19.5. The van der Waals surface area contributed by atoms with Crippen molar-refractivity contribution in [2.45, 2.75) is 31.4 Å². The zero-order valence-electron chi connectivity index (χ0n) is 13.3. The van der Waals surface area contributed by atoms with Gasteiger partial charge in [0.1, 0.15) is 6.10 Å². The van der Waals surface area contributed by atoms with Gasteiger partial charge >= 0.3 is 0 Å². The molecule has 0 N–H and O–H groups in total. The smallest absolute Gasteiger partial charge is 0.108 e. The molecule has 0 aliphatic carbocycles. The van der Waals surface area contributed by atoms with Crippen molar-refractivity contribution in [3.05, 3.63) is 71.8 Å². The van der Waals surface area contributed by atoms with E-state index in [9.17, 15) is 0 Å². The zero-order valence-corrected chi connectivity index (χ0v) is 13.3. The quantitative estimate of drug-likeness (QED) is 0.816. The Morgan fingerprint density at radius 2 is 1.55 bits per heavy atom. The van der Waals surface area contributed by atoms with Gasteiger partial charge in [-0.25, -0.2) is 0 Å². The van der Waals surface area contributed by atoms with E-state index in [-0.39, 0.29) is 6.10 Å². The molecule has 1 unspecified atom stereocenters. The molecule has 2 nitrogen and oxygen atoms in total. The van der Waals surface area contributed by atoms with E-state index in [4.69, 9.17) is 4.74 Å². The van der Waals surface area contributed by atoms with E-state index in [0.717, 1.165) is 6.61 Å². The lowest BCUT2D eigenvalue weighted by molar-refractivity contribution is 0.0204. The second kappa shape index (κ2) is 7.57. The molecule has 2 aromatic rings. The molecule has 116 valence electrons. The fourth-order valence-electron chi connectivity index (χ4n) is 3.20. The summed E-state index contributed by atoms with van der Waals surface area (Å²) in [6.45, 7) is 1.99. The highest BCUT2D eigenvalue weighted by atomic mass is 16.5. The molecule has 0 amide bonds. The minimum absolute atomic E-state index is 0.0257. The van der Waals surface area contributed by atoms with Crippen molar-refractivity contribution >= 4 is 0 Å². The lowest BCUT2D eigenvalue weighted by atomic mass is 10.0. The van der Waals surface area contributed by atoms with Crippen LogP contribution in [0.25, 0.3) is 0 Å². The predicted molar refractivity (Wildman–Crippen MR) is 90.9 cm³/mol. The van der Waals surface area contributed by atoms with Crippen molar-refractivity contribution in [2.75, 3.05) is 20.2 Å². The predicted octanol–water partition coefficient (Wildman–Crippen LogP) is 4.28. The molecular weight excluding hydrogens is 270 g/mol. The van der Waals surface area contributed by atoms with Crippen LogP contribution in [0.3, 0.4) is 0 Å². The van der Waals surface area contributed by atoms with Crippen LogP contribution in [-0.4, -0.2) is 31.1 Å². The maximum Gasteiger partial charge on any atom is 0.108 e. The van der Waals surface area contributed by atoms with Gasteiger partial charge in [0.25, 0.3) is 0 Å². The van der Waals surface area contributed by atoms with Crippen molar-refractivity contribution in [2.24, 2.45) is 0 Å². The Labute approximate surface area is 133 Å². The van der Waals surface area contributed by atoms with Gasteiger partial charge in [-0.3, -0.25) is 0 Å². The molecule has 0 spiro atoms. The molecule has 1 aliphatic rings. The molecule has 1 aliphatic heterocycles. The summed E-state index contributed by atoms with van der Waals surface area (Å²) in [4.78, 5) is 2.44. The highest BCUT2D eigenvalue weighted by molar-refractivity contribution is 5.29. The number of piperidine rings is 1. The molecule has 2 aromatic carbocycles. The molecule has 1 heterocycles. The number of likely N-dealkylation sites (N-methyl/N-ethyl adjacent to an activating group) is 1. The van der Waals surface area contributed by atoms with Crippen LogP contribution in [-0.2, 0) is 4.74 Å². The Bertz CT molecular complexity index is 515. The van der Waals surface area contributed by atoms with Crippen LogP contribution in [0.2, 0.25) is 0 Å². The average Bonchev–Trinajstić information content (AvgIpc) is 2.59. The molecule has 1 atom stereocenters. The third kappa shape index (κ3) is 3.76. The topological polar surface area (TPSA) is 12.5 Å². The number of likely N-dealkylation sites (tertiary alicyclic amines) is 1. The highest BCUT2D eigenvalue weighted by Gasteiger charge is 2.22. The first kappa shape index (κ1) is 15.3. The summed E-state index contributed by atoms with van der Waals surface area (Å²) in [5.41, 5.74) is 2.46. The molecule has 1 fully saturated rings. The fourth-order valence-corrected chi connectivity index (χ4v) is 3.20. The summed E-state index contributed by atoms with van der Waals surface area (Å²) < 4.78 is 6.38. The molecular formula is C20H25NO. The van der Waals surface area contributed by atoms with Crippen LogP contribution in [0.4, 0.5) is 0 Å². The van der Waals surface area contributed by atoms with Gasteiger partial charge in [0, 0.05) is 6.04 Å². The number of nitrogens with zero attached hydrogens (tertiary/aromatic N) is 1. The third-order valence-corrected chi connectivity index (χ3v) is 4.58. The van der Waals surface area contributed by atoms with Gasteiger partial charge in [-0.2, -0.15) is 0 Å². The minimum Gasteiger partial charge on any atom is -0.367 e. The van der Waals surface area contributed by atoms with Crippen molar-refractivity contribution in [1.29, 1.82) is 0 Å². The Morgan fingerprint density at radius 1 is 0.955 bits per heavy atom. The molecule has 0 saturated carbocycles. The van der Waals surface area contributed by atoms with E-state index >= 15 is 0 Å². The number of benzene rings is 2. The van der Waals surface area contributed by atoms with Crippen LogP contribution < -0.4 is 0 Å². The lowest BCUT2D eigenvalue weighted by Crippen LogP contribution is -2.39. The van der Waals surface area contributed by atoms with E-state index in [0.29, 0.717) is 6.04 Å². The largest absolute Gasteiger partial charge is 0.367 e.